The maximum Gasteiger partial charge on any atom is 0.335 e. The molecule has 100 valence electrons. The predicted molar refractivity (Wildman–Crippen MR) is 67.6 cm³/mol. The first-order chi connectivity index (χ1) is 8.75. The highest BCUT2D eigenvalue weighted by Crippen LogP contribution is 2.32. The molecule has 0 radical (unpaired) electrons. The second-order valence-corrected chi connectivity index (χ2v) is 6.21. The van der Waals surface area contributed by atoms with Crippen LogP contribution in [0.1, 0.15) is 24.2 Å². The Kier molecular flexibility index (Phi) is 2.94. The summed E-state index contributed by atoms with van der Waals surface area (Å²) < 4.78 is 24.5. The molecule has 0 aliphatic carbocycles. The van der Waals surface area contributed by atoms with Crippen LogP contribution in [0, 0.1) is 0 Å². The van der Waals surface area contributed by atoms with E-state index >= 15 is 0 Å². The second-order valence-electron chi connectivity index (χ2n) is 4.15. The standard InChI is InChI=1S/C12H11NO5S/c1-6-7(2)19(17,18)10-4-3-8(12(15)16)5-9(10)13-11(6)14/h3-5H,1-2H3,(H,13,14)(H,15,16). The van der Waals surface area contributed by atoms with Gasteiger partial charge in [-0.05, 0) is 32.0 Å². The van der Waals surface area contributed by atoms with Crippen LogP contribution in [-0.2, 0) is 14.6 Å². The first-order valence-corrected chi connectivity index (χ1v) is 6.84. The quantitative estimate of drug-likeness (QED) is 0.810. The Labute approximate surface area is 109 Å². The summed E-state index contributed by atoms with van der Waals surface area (Å²) in [5.74, 6) is -1.75. The van der Waals surface area contributed by atoms with E-state index in [2.05, 4.69) is 5.32 Å². The van der Waals surface area contributed by atoms with Gasteiger partial charge in [0.05, 0.1) is 21.1 Å². The highest BCUT2D eigenvalue weighted by atomic mass is 32.2. The van der Waals surface area contributed by atoms with E-state index in [4.69, 9.17) is 5.11 Å². The lowest BCUT2D eigenvalue weighted by Crippen LogP contribution is -2.12. The lowest BCUT2D eigenvalue weighted by Gasteiger charge is -2.08. The third kappa shape index (κ3) is 2.01. The molecule has 1 aromatic carbocycles. The number of carbonyl (C=O) groups is 2. The van der Waals surface area contributed by atoms with Crippen molar-refractivity contribution in [1.29, 1.82) is 0 Å². The zero-order valence-corrected chi connectivity index (χ0v) is 11.0. The predicted octanol–water partition coefficient (Wildman–Crippen LogP) is 1.40. The molecule has 6 nitrogen and oxygen atoms in total. The summed E-state index contributed by atoms with van der Waals surface area (Å²) in [6.45, 7) is 2.76. The van der Waals surface area contributed by atoms with Gasteiger partial charge in [-0.25, -0.2) is 13.2 Å². The lowest BCUT2D eigenvalue weighted by molar-refractivity contribution is -0.112. The van der Waals surface area contributed by atoms with Crippen LogP contribution in [0.2, 0.25) is 0 Å². The van der Waals surface area contributed by atoms with Crippen molar-refractivity contribution in [3.63, 3.8) is 0 Å². The largest absolute Gasteiger partial charge is 0.478 e. The summed E-state index contributed by atoms with van der Waals surface area (Å²) in [6, 6.07) is 3.52. The van der Waals surface area contributed by atoms with Gasteiger partial charge in [-0.3, -0.25) is 4.79 Å². The van der Waals surface area contributed by atoms with Crippen molar-refractivity contribution < 1.29 is 23.1 Å². The number of allylic oxidation sites excluding steroid dienone is 1. The van der Waals surface area contributed by atoms with E-state index < -0.39 is 21.7 Å². The monoisotopic (exact) mass is 281 g/mol. The number of anilines is 1. The number of nitrogens with one attached hydrogen (secondary N) is 1. The van der Waals surface area contributed by atoms with Crippen LogP contribution in [0.3, 0.4) is 0 Å². The number of benzene rings is 1. The number of sulfone groups is 1. The van der Waals surface area contributed by atoms with Gasteiger partial charge >= 0.3 is 5.97 Å². The molecule has 1 amide bonds. The maximum absolute atomic E-state index is 12.3. The Hall–Kier alpha value is -2.15. The molecule has 0 aromatic heterocycles. The molecule has 7 heteroatoms. The first kappa shape index (κ1) is 13.3. The molecule has 1 aromatic rings. The van der Waals surface area contributed by atoms with Gasteiger partial charge in [-0.2, -0.15) is 0 Å². The van der Waals surface area contributed by atoms with Gasteiger partial charge in [-0.1, -0.05) is 0 Å². The van der Waals surface area contributed by atoms with Gasteiger partial charge in [0.25, 0.3) is 5.91 Å². The SMILES string of the molecule is CC1=C(C)S(=O)(=O)c2ccc(C(=O)O)cc2NC1=O. The summed E-state index contributed by atoms with van der Waals surface area (Å²) in [5.41, 5.74) is -0.0133. The van der Waals surface area contributed by atoms with Crippen LogP contribution in [0.4, 0.5) is 5.69 Å². The lowest BCUT2D eigenvalue weighted by atomic mass is 10.2. The minimum atomic E-state index is -3.78. The molecule has 2 N–H and O–H groups in total. The molecule has 1 aliphatic heterocycles. The van der Waals surface area contributed by atoms with Gasteiger partial charge in [0.1, 0.15) is 0 Å². The average molecular weight is 281 g/mol. The molecular formula is C12H11NO5S. The van der Waals surface area contributed by atoms with Crippen molar-refractivity contribution in [2.24, 2.45) is 0 Å². The van der Waals surface area contributed by atoms with E-state index in [0.29, 0.717) is 0 Å². The fourth-order valence-corrected chi connectivity index (χ4v) is 3.21. The molecule has 0 atom stereocenters. The van der Waals surface area contributed by atoms with Crippen molar-refractivity contribution in [2.75, 3.05) is 5.32 Å². The van der Waals surface area contributed by atoms with Crippen molar-refractivity contribution in [3.8, 4) is 0 Å². The number of hydrogen-bond donors (Lipinski definition) is 2. The zero-order chi connectivity index (χ0) is 14.4. The molecule has 19 heavy (non-hydrogen) atoms. The number of amides is 1. The molecule has 0 saturated heterocycles. The number of aromatic carboxylic acids is 1. The van der Waals surface area contributed by atoms with Crippen molar-refractivity contribution in [1.82, 2.24) is 0 Å². The summed E-state index contributed by atoms with van der Waals surface area (Å²) in [7, 11) is -3.78. The smallest absolute Gasteiger partial charge is 0.335 e. The van der Waals surface area contributed by atoms with Crippen LogP contribution in [0.15, 0.2) is 33.6 Å². The number of carbonyl (C=O) groups excluding carboxylic acids is 1. The molecule has 0 saturated carbocycles. The Morgan fingerprint density at radius 2 is 1.89 bits per heavy atom. The normalized spacial score (nSPS) is 17.5. The highest BCUT2D eigenvalue weighted by Gasteiger charge is 2.29. The third-order valence-corrected chi connectivity index (χ3v) is 5.08. The number of carboxylic acid groups (broad SMARTS) is 1. The van der Waals surface area contributed by atoms with Crippen LogP contribution >= 0.6 is 0 Å². The second kappa shape index (κ2) is 4.20. The van der Waals surface area contributed by atoms with Crippen LogP contribution < -0.4 is 5.32 Å². The van der Waals surface area contributed by atoms with Crippen LogP contribution in [0.25, 0.3) is 0 Å². The molecule has 1 heterocycles. The van der Waals surface area contributed by atoms with Gasteiger partial charge in [-0.15, -0.1) is 0 Å². The fourth-order valence-electron chi connectivity index (χ4n) is 1.74. The minimum absolute atomic E-state index is 0.0129. The Morgan fingerprint density at radius 3 is 2.47 bits per heavy atom. The molecular weight excluding hydrogens is 270 g/mol. The molecule has 2 rings (SSSR count). The Morgan fingerprint density at radius 1 is 1.26 bits per heavy atom. The van der Waals surface area contributed by atoms with Crippen LogP contribution in [0.5, 0.6) is 0 Å². The minimum Gasteiger partial charge on any atom is -0.478 e. The van der Waals surface area contributed by atoms with Gasteiger partial charge in [0.15, 0.2) is 0 Å². The van der Waals surface area contributed by atoms with E-state index in [1.807, 2.05) is 0 Å². The summed E-state index contributed by atoms with van der Waals surface area (Å²) >= 11 is 0. The number of rotatable bonds is 1. The molecule has 0 unspecified atom stereocenters. The number of hydrogen-bond acceptors (Lipinski definition) is 4. The molecule has 0 bridgehead atoms. The fraction of sp³-hybridized carbons (Fsp3) is 0.167. The first-order valence-electron chi connectivity index (χ1n) is 5.36. The summed E-state index contributed by atoms with van der Waals surface area (Å²) in [6.07, 6.45) is 0. The molecule has 0 spiro atoms. The number of fused-ring (bicyclic) bond motifs is 1. The van der Waals surface area contributed by atoms with Gasteiger partial charge < -0.3 is 10.4 Å². The summed E-state index contributed by atoms with van der Waals surface area (Å²) in [5, 5.41) is 11.3. The maximum atomic E-state index is 12.3. The van der Waals surface area contributed by atoms with E-state index in [1.54, 1.807) is 0 Å². The van der Waals surface area contributed by atoms with Gasteiger partial charge in [0, 0.05) is 5.57 Å². The zero-order valence-electron chi connectivity index (χ0n) is 10.2. The Balaban J connectivity index is 2.77. The molecule has 1 aliphatic rings. The Bertz CT molecular complexity index is 730. The van der Waals surface area contributed by atoms with Crippen molar-refractivity contribution in [3.05, 3.63) is 34.2 Å². The van der Waals surface area contributed by atoms with Crippen molar-refractivity contribution >= 4 is 27.4 Å². The topological polar surface area (TPSA) is 101 Å². The van der Waals surface area contributed by atoms with E-state index in [9.17, 15) is 18.0 Å². The van der Waals surface area contributed by atoms with Crippen molar-refractivity contribution in [2.45, 2.75) is 18.7 Å². The highest BCUT2D eigenvalue weighted by molar-refractivity contribution is 7.95. The molecule has 0 fully saturated rings. The average Bonchev–Trinajstić information content (AvgIpc) is 2.40. The van der Waals surface area contributed by atoms with E-state index in [1.165, 1.54) is 26.0 Å². The van der Waals surface area contributed by atoms with Crippen LogP contribution in [-0.4, -0.2) is 25.4 Å². The number of carboxylic acids is 1. The van der Waals surface area contributed by atoms with E-state index in [0.717, 1.165) is 6.07 Å². The van der Waals surface area contributed by atoms with E-state index in [-0.39, 0.29) is 26.6 Å². The summed E-state index contributed by atoms with van der Waals surface area (Å²) in [4.78, 5) is 22.5. The van der Waals surface area contributed by atoms with Gasteiger partial charge in [0.2, 0.25) is 9.84 Å². The third-order valence-electron chi connectivity index (χ3n) is 3.04.